The first-order valence-electron chi connectivity index (χ1n) is 20.8. The maximum Gasteiger partial charge on any atom is 0.320 e. The number of aldehydes is 2. The molecule has 4 aliphatic heterocycles. The van der Waals surface area contributed by atoms with Crippen molar-refractivity contribution in [3.05, 3.63) is 59.7 Å². The lowest BCUT2D eigenvalue weighted by molar-refractivity contribution is -0.125. The molecule has 0 spiro atoms. The van der Waals surface area contributed by atoms with E-state index in [4.69, 9.17) is 0 Å². The lowest BCUT2D eigenvalue weighted by atomic mass is 9.94. The van der Waals surface area contributed by atoms with Gasteiger partial charge in [0.25, 0.3) is 5.91 Å². The van der Waals surface area contributed by atoms with Gasteiger partial charge in [0.15, 0.2) is 12.1 Å². The summed E-state index contributed by atoms with van der Waals surface area (Å²) in [6.07, 6.45) is 4.59. The summed E-state index contributed by atoms with van der Waals surface area (Å²) in [7, 11) is 3.00. The van der Waals surface area contributed by atoms with Gasteiger partial charge in [-0.15, -0.1) is 10.2 Å². The monoisotopic (exact) mass is 808 g/mol. The Hall–Kier alpha value is -5.77. The number of nitrogens with one attached hydrogen (secondary N) is 2. The standard InChI is InChI=1S/C43H56N10O6/c1-4-31-26-49(25-29-13-15-50(16-14-29)32-11-12-34(30(22-32)28-55)42(58)48(3)37(9-7-21-54)41(57)44-2)17-19-53(31)43(59)51-18-20-52-33(27-51)24-45-40-38(52)23-36(46-47-40)35-8-5-6-10-39(35)56/h5-6,8,10-12,21-23,28-29,31,33,37,56H,4,7,9,13-20,24-27H2,1-3H3,(H,44,57)(H,45,47). The third-order valence-corrected chi connectivity index (χ3v) is 12.6. The summed E-state index contributed by atoms with van der Waals surface area (Å²) in [6.45, 7) is 9.72. The van der Waals surface area contributed by atoms with Crippen LogP contribution in [-0.2, 0) is 9.59 Å². The predicted molar refractivity (Wildman–Crippen MR) is 225 cm³/mol. The Kier molecular flexibility index (Phi) is 12.9. The number of hydrogen-bond acceptors (Lipinski definition) is 12. The van der Waals surface area contributed by atoms with Crippen molar-refractivity contribution in [3.63, 3.8) is 0 Å². The van der Waals surface area contributed by atoms with Crippen molar-refractivity contribution in [3.8, 4) is 17.0 Å². The summed E-state index contributed by atoms with van der Waals surface area (Å²) < 4.78 is 0. The third kappa shape index (κ3) is 8.82. The molecule has 3 N–H and O–H groups in total. The van der Waals surface area contributed by atoms with Crippen molar-refractivity contribution in [1.82, 2.24) is 35.1 Å². The van der Waals surface area contributed by atoms with Gasteiger partial charge in [-0.05, 0) is 68.0 Å². The fourth-order valence-electron chi connectivity index (χ4n) is 9.15. The fraction of sp³-hybridized carbons (Fsp3) is 0.512. The zero-order valence-corrected chi connectivity index (χ0v) is 34.3. The highest BCUT2D eigenvalue weighted by Gasteiger charge is 2.39. The van der Waals surface area contributed by atoms with Gasteiger partial charge in [-0.1, -0.05) is 19.1 Å². The van der Waals surface area contributed by atoms with Crippen molar-refractivity contribution < 1.29 is 29.1 Å². The van der Waals surface area contributed by atoms with Crippen LogP contribution in [0, 0.1) is 5.92 Å². The molecule has 2 aromatic carbocycles. The second kappa shape index (κ2) is 18.4. The number of aromatic nitrogens is 2. The molecule has 0 saturated carbocycles. The summed E-state index contributed by atoms with van der Waals surface area (Å²) in [6, 6.07) is 13.9. The van der Waals surface area contributed by atoms with E-state index in [0.29, 0.717) is 56.2 Å². The second-order valence-corrected chi connectivity index (χ2v) is 16.1. The average molecular weight is 809 g/mol. The number of hydrogen-bond donors (Lipinski definition) is 3. The van der Waals surface area contributed by atoms with E-state index in [9.17, 15) is 29.1 Å². The van der Waals surface area contributed by atoms with Crippen molar-refractivity contribution in [2.24, 2.45) is 5.92 Å². The van der Waals surface area contributed by atoms with Gasteiger partial charge < -0.3 is 45.0 Å². The Morgan fingerprint density at radius 3 is 2.53 bits per heavy atom. The van der Waals surface area contributed by atoms with Crippen LogP contribution < -0.4 is 20.4 Å². The molecule has 59 heavy (non-hydrogen) atoms. The van der Waals surface area contributed by atoms with Gasteiger partial charge in [0, 0.05) is 109 Å². The van der Waals surface area contributed by atoms with Crippen molar-refractivity contribution >= 4 is 47.6 Å². The van der Waals surface area contributed by atoms with E-state index >= 15 is 0 Å². The van der Waals surface area contributed by atoms with E-state index in [0.717, 1.165) is 75.5 Å². The number of rotatable bonds is 12. The molecule has 4 aliphatic rings. The van der Waals surface area contributed by atoms with Crippen molar-refractivity contribution in [2.45, 2.75) is 57.2 Å². The van der Waals surface area contributed by atoms with Gasteiger partial charge in [-0.2, -0.15) is 0 Å². The lowest BCUT2D eigenvalue weighted by Crippen LogP contribution is -2.64. The van der Waals surface area contributed by atoms with Gasteiger partial charge >= 0.3 is 6.03 Å². The van der Waals surface area contributed by atoms with E-state index in [2.05, 4.69) is 47.4 Å². The number of phenolic OH excluding ortho intramolecular Hbond substituents is 1. The Labute approximate surface area is 345 Å². The first kappa shape index (κ1) is 41.4. The number of carbonyl (C=O) groups excluding carboxylic acids is 5. The van der Waals surface area contributed by atoms with E-state index in [1.165, 1.54) is 19.0 Å². The number of aromatic hydroxyl groups is 1. The fourth-order valence-corrected chi connectivity index (χ4v) is 9.15. The number of fused-ring (bicyclic) bond motifs is 3. The van der Waals surface area contributed by atoms with Gasteiger partial charge in [0.1, 0.15) is 18.1 Å². The van der Waals surface area contributed by atoms with Crippen LogP contribution >= 0.6 is 0 Å². The number of amides is 4. The highest BCUT2D eigenvalue weighted by Crippen LogP contribution is 2.36. The number of piperazine rings is 2. The number of para-hydroxylation sites is 1. The molecule has 1 aromatic heterocycles. The van der Waals surface area contributed by atoms with Gasteiger partial charge in [0.05, 0.1) is 23.0 Å². The molecule has 5 heterocycles. The van der Waals surface area contributed by atoms with Gasteiger partial charge in [-0.25, -0.2) is 4.79 Å². The highest BCUT2D eigenvalue weighted by atomic mass is 16.3. The zero-order chi connectivity index (χ0) is 41.6. The van der Waals surface area contributed by atoms with Gasteiger partial charge in [0.2, 0.25) is 5.91 Å². The summed E-state index contributed by atoms with van der Waals surface area (Å²) in [4.78, 5) is 75.7. The minimum absolute atomic E-state index is 0.0916. The number of phenols is 1. The summed E-state index contributed by atoms with van der Waals surface area (Å²) in [5, 5.41) is 25.2. The molecule has 3 saturated heterocycles. The molecule has 0 aliphatic carbocycles. The summed E-state index contributed by atoms with van der Waals surface area (Å²) >= 11 is 0. The van der Waals surface area contributed by atoms with Crippen LogP contribution in [-0.4, -0.2) is 163 Å². The molecular weight excluding hydrogens is 753 g/mol. The quantitative estimate of drug-likeness (QED) is 0.229. The molecule has 16 nitrogen and oxygen atoms in total. The van der Waals surface area contributed by atoms with Crippen LogP contribution in [0.5, 0.6) is 5.75 Å². The minimum Gasteiger partial charge on any atom is -0.507 e. The highest BCUT2D eigenvalue weighted by molar-refractivity contribution is 6.03. The van der Waals surface area contributed by atoms with Gasteiger partial charge in [-0.3, -0.25) is 19.3 Å². The number of piperidine rings is 1. The number of nitrogens with zero attached hydrogens (tertiary/aromatic N) is 8. The number of benzene rings is 2. The molecule has 0 bridgehead atoms. The van der Waals surface area contributed by atoms with E-state index in [-0.39, 0.29) is 53.7 Å². The number of urea groups is 1. The first-order valence-corrected chi connectivity index (χ1v) is 20.8. The second-order valence-electron chi connectivity index (χ2n) is 16.1. The molecule has 0 radical (unpaired) electrons. The molecule has 4 amide bonds. The number of carbonyl (C=O) groups is 5. The largest absolute Gasteiger partial charge is 0.507 e. The summed E-state index contributed by atoms with van der Waals surface area (Å²) in [5.74, 6) is 0.565. The predicted octanol–water partition coefficient (Wildman–Crippen LogP) is 3.18. The normalized spacial score (nSPS) is 20.2. The first-order chi connectivity index (χ1) is 28.6. The molecule has 16 heteroatoms. The van der Waals surface area contributed by atoms with Crippen LogP contribution in [0.1, 0.15) is 59.7 Å². The van der Waals surface area contributed by atoms with Crippen LogP contribution in [0.3, 0.4) is 0 Å². The molecule has 3 fully saturated rings. The van der Waals surface area contributed by atoms with E-state index in [1.807, 2.05) is 29.2 Å². The van der Waals surface area contributed by atoms with E-state index < -0.39 is 11.9 Å². The van der Waals surface area contributed by atoms with Crippen molar-refractivity contribution in [1.29, 1.82) is 0 Å². The van der Waals surface area contributed by atoms with E-state index in [1.54, 1.807) is 24.3 Å². The Morgan fingerprint density at radius 2 is 1.80 bits per heavy atom. The SMILES string of the molecule is CCC1CN(CC2CCN(c3ccc(C(=O)N(C)C(CCC=O)C(=O)NC)c(C=O)c3)CC2)CCN1C(=O)N1CCN2c3cc(-c4ccccc4O)nnc3NCC2C1. The third-order valence-electron chi connectivity index (χ3n) is 12.6. The maximum absolute atomic E-state index is 14.1. The van der Waals surface area contributed by atoms with Crippen LogP contribution in [0.4, 0.5) is 22.0 Å². The molecule has 3 unspecified atom stereocenters. The van der Waals surface area contributed by atoms with Crippen LogP contribution in [0.25, 0.3) is 11.3 Å². The maximum atomic E-state index is 14.1. The smallest absolute Gasteiger partial charge is 0.320 e. The Balaban J connectivity index is 0.905. The summed E-state index contributed by atoms with van der Waals surface area (Å²) in [5.41, 5.74) is 3.55. The van der Waals surface area contributed by atoms with Crippen molar-refractivity contribution in [2.75, 3.05) is 94.7 Å². The molecule has 7 rings (SSSR count). The molecule has 314 valence electrons. The Morgan fingerprint density at radius 1 is 1.00 bits per heavy atom. The Bertz CT molecular complexity index is 2020. The van der Waals surface area contributed by atoms with Crippen LogP contribution in [0.2, 0.25) is 0 Å². The zero-order valence-electron chi connectivity index (χ0n) is 34.3. The minimum atomic E-state index is -0.827. The number of likely N-dealkylation sites (N-methyl/N-ethyl adjacent to an activating group) is 2. The molecular formula is C43H56N10O6. The average Bonchev–Trinajstić information content (AvgIpc) is 3.28. The topological polar surface area (TPSA) is 175 Å². The molecule has 3 aromatic rings. The van der Waals surface area contributed by atoms with Crippen LogP contribution in [0.15, 0.2) is 48.5 Å². The lowest BCUT2D eigenvalue weighted by Gasteiger charge is -2.49. The number of anilines is 3. The molecule has 3 atom stereocenters.